The van der Waals surface area contributed by atoms with Gasteiger partial charge in [-0.3, -0.25) is 9.59 Å². The molecule has 1 aromatic carbocycles. The summed E-state index contributed by atoms with van der Waals surface area (Å²) in [5.74, 6) is -5.43. The number of carbonyl (C=O) groups is 3. The minimum Gasteiger partial charge on any atom is -0.496 e. The summed E-state index contributed by atoms with van der Waals surface area (Å²) in [4.78, 5) is 37.8. The standard InChI is InChI=1S/C31H44BF2NO8/c1-8-18(9-2)27(37)40-17-41-28(38)21-12-10-11-19(26(21)39-7)13-24(35-25(36)16-30(5,33)34)32-42-23-15-20-14-22(29(20,3)4)31(23,6)43-32/h10-12,18,20,22-24H,8-9,13-17H2,1-7H3,(H,35,36). The van der Waals surface area contributed by atoms with Crippen LogP contribution in [0.2, 0.25) is 0 Å². The number of para-hydroxylation sites is 1. The number of ether oxygens (including phenoxy) is 3. The molecule has 4 fully saturated rings. The summed E-state index contributed by atoms with van der Waals surface area (Å²) in [6.45, 7) is 10.4. The van der Waals surface area contributed by atoms with E-state index in [0.717, 1.165) is 12.8 Å². The Morgan fingerprint density at radius 2 is 1.84 bits per heavy atom. The quantitative estimate of drug-likeness (QED) is 0.187. The highest BCUT2D eigenvalue weighted by Crippen LogP contribution is 2.65. The Kier molecular flexibility index (Phi) is 9.81. The third kappa shape index (κ3) is 6.85. The van der Waals surface area contributed by atoms with Crippen LogP contribution in [-0.4, -0.2) is 62.4 Å². The van der Waals surface area contributed by atoms with Gasteiger partial charge in [0.15, 0.2) is 0 Å². The number of halogens is 2. The number of amides is 1. The summed E-state index contributed by atoms with van der Waals surface area (Å²) in [5, 5.41) is 2.71. The Hall–Kier alpha value is -2.73. The van der Waals surface area contributed by atoms with Crippen LogP contribution in [0.1, 0.15) is 89.6 Å². The predicted octanol–water partition coefficient (Wildman–Crippen LogP) is 5.13. The van der Waals surface area contributed by atoms with E-state index in [2.05, 4.69) is 19.2 Å². The number of nitrogens with one attached hydrogen (secondary N) is 1. The average molecular weight is 608 g/mol. The van der Waals surface area contributed by atoms with Crippen LogP contribution >= 0.6 is 0 Å². The molecule has 4 aliphatic rings. The molecule has 1 saturated heterocycles. The highest BCUT2D eigenvalue weighted by atomic mass is 19.3. The lowest BCUT2D eigenvalue weighted by Crippen LogP contribution is -2.65. The van der Waals surface area contributed by atoms with Crippen LogP contribution in [0, 0.1) is 23.2 Å². The second-order valence-corrected chi connectivity index (χ2v) is 13.0. The van der Waals surface area contributed by atoms with Crippen LogP contribution in [0.5, 0.6) is 5.75 Å². The van der Waals surface area contributed by atoms with Crippen molar-refractivity contribution in [3.8, 4) is 5.75 Å². The van der Waals surface area contributed by atoms with E-state index in [1.165, 1.54) is 13.2 Å². The number of hydrogen-bond donors (Lipinski definition) is 1. The van der Waals surface area contributed by atoms with E-state index < -0.39 is 55.6 Å². The Morgan fingerprint density at radius 1 is 1.14 bits per heavy atom. The molecule has 1 heterocycles. The highest BCUT2D eigenvalue weighted by molar-refractivity contribution is 6.48. The molecule has 5 atom stereocenters. The highest BCUT2D eigenvalue weighted by Gasteiger charge is 2.68. The molecule has 1 amide bonds. The largest absolute Gasteiger partial charge is 0.496 e. The molecule has 5 unspecified atom stereocenters. The first-order valence-electron chi connectivity index (χ1n) is 15.1. The van der Waals surface area contributed by atoms with Crippen molar-refractivity contribution in [1.29, 1.82) is 0 Å². The summed E-state index contributed by atoms with van der Waals surface area (Å²) in [6.07, 6.45) is 1.96. The van der Waals surface area contributed by atoms with Gasteiger partial charge in [-0.2, -0.15) is 0 Å². The topological polar surface area (TPSA) is 109 Å². The van der Waals surface area contributed by atoms with Gasteiger partial charge >= 0.3 is 19.1 Å². The van der Waals surface area contributed by atoms with Crippen molar-refractivity contribution < 1.29 is 46.7 Å². The average Bonchev–Trinajstić information content (AvgIpc) is 3.29. The van der Waals surface area contributed by atoms with Crippen molar-refractivity contribution in [2.24, 2.45) is 23.2 Å². The summed E-state index contributed by atoms with van der Waals surface area (Å²) >= 11 is 0. The predicted molar refractivity (Wildman–Crippen MR) is 154 cm³/mol. The first kappa shape index (κ1) is 33.2. The first-order valence-corrected chi connectivity index (χ1v) is 15.1. The van der Waals surface area contributed by atoms with E-state index in [9.17, 15) is 23.2 Å². The van der Waals surface area contributed by atoms with Crippen molar-refractivity contribution in [1.82, 2.24) is 5.32 Å². The molecule has 9 nitrogen and oxygen atoms in total. The Morgan fingerprint density at radius 3 is 2.44 bits per heavy atom. The molecule has 1 N–H and O–H groups in total. The van der Waals surface area contributed by atoms with E-state index in [1.807, 2.05) is 20.8 Å². The van der Waals surface area contributed by atoms with E-state index in [4.69, 9.17) is 23.5 Å². The van der Waals surface area contributed by atoms with E-state index >= 15 is 0 Å². The molecule has 3 aliphatic carbocycles. The lowest BCUT2D eigenvalue weighted by Gasteiger charge is -2.64. The second-order valence-electron chi connectivity index (χ2n) is 13.0. The van der Waals surface area contributed by atoms with Crippen LogP contribution < -0.4 is 10.1 Å². The molecule has 3 saturated carbocycles. The lowest BCUT2D eigenvalue weighted by atomic mass is 9.43. The summed E-state index contributed by atoms with van der Waals surface area (Å²) in [5.41, 5.74) is 0.103. The number of alkyl halides is 2. The second kappa shape index (κ2) is 12.7. The normalized spacial score (nSPS) is 26.3. The maximum Gasteiger partial charge on any atom is 0.482 e. The van der Waals surface area contributed by atoms with Gasteiger partial charge in [0, 0.05) is 0 Å². The number of esters is 2. The zero-order valence-electron chi connectivity index (χ0n) is 26.2. The molecule has 2 bridgehead atoms. The lowest BCUT2D eigenvalue weighted by molar-refractivity contribution is -0.199. The zero-order valence-corrected chi connectivity index (χ0v) is 26.2. The maximum absolute atomic E-state index is 13.7. The monoisotopic (exact) mass is 607 g/mol. The molecular formula is C31H44BF2NO8. The summed E-state index contributed by atoms with van der Waals surface area (Å²) < 4.78 is 56.3. The molecule has 43 heavy (non-hydrogen) atoms. The Balaban J connectivity index is 1.53. The fourth-order valence-electron chi connectivity index (χ4n) is 7.17. The maximum atomic E-state index is 13.7. The van der Waals surface area contributed by atoms with E-state index in [-0.39, 0.29) is 41.1 Å². The van der Waals surface area contributed by atoms with Gasteiger partial charge in [-0.15, -0.1) is 0 Å². The number of rotatable bonds is 13. The third-order valence-corrected chi connectivity index (χ3v) is 9.79. The van der Waals surface area contributed by atoms with Crippen LogP contribution in [0.4, 0.5) is 8.78 Å². The van der Waals surface area contributed by atoms with E-state index in [0.29, 0.717) is 31.2 Å². The molecule has 1 aromatic rings. The van der Waals surface area contributed by atoms with Crippen molar-refractivity contribution in [2.75, 3.05) is 13.9 Å². The molecule has 0 spiro atoms. The van der Waals surface area contributed by atoms with Crippen molar-refractivity contribution >= 4 is 25.0 Å². The number of hydrogen-bond acceptors (Lipinski definition) is 8. The van der Waals surface area contributed by atoms with Crippen molar-refractivity contribution in [3.05, 3.63) is 29.3 Å². The molecule has 12 heteroatoms. The smallest absolute Gasteiger partial charge is 0.482 e. The van der Waals surface area contributed by atoms with Gasteiger partial charge in [0.1, 0.15) is 11.3 Å². The Bertz CT molecular complexity index is 1200. The number of benzene rings is 1. The molecule has 238 valence electrons. The van der Waals surface area contributed by atoms with Gasteiger partial charge in [0.2, 0.25) is 12.7 Å². The van der Waals surface area contributed by atoms with E-state index in [1.54, 1.807) is 12.1 Å². The fourth-order valence-corrected chi connectivity index (χ4v) is 7.17. The van der Waals surface area contributed by atoms with Gasteiger partial charge in [-0.1, -0.05) is 39.8 Å². The van der Waals surface area contributed by atoms with Crippen LogP contribution in [0.15, 0.2) is 18.2 Å². The molecular weight excluding hydrogens is 563 g/mol. The number of methoxy groups -OCH3 is 1. The van der Waals surface area contributed by atoms with Crippen molar-refractivity contribution in [2.45, 2.75) is 104 Å². The first-order chi connectivity index (χ1) is 20.1. The van der Waals surface area contributed by atoms with Crippen molar-refractivity contribution in [3.63, 3.8) is 0 Å². The van der Waals surface area contributed by atoms with Gasteiger partial charge in [-0.05, 0) is 74.8 Å². The summed E-state index contributed by atoms with van der Waals surface area (Å²) in [7, 11) is 0.492. The zero-order chi connectivity index (χ0) is 31.7. The van der Waals surface area contributed by atoms with Crippen LogP contribution in [0.3, 0.4) is 0 Å². The minimum atomic E-state index is -3.20. The Labute approximate surface area is 252 Å². The molecule has 5 rings (SSSR count). The molecule has 0 radical (unpaired) electrons. The van der Waals surface area contributed by atoms with Gasteiger partial charge in [0.05, 0.1) is 37.1 Å². The fraction of sp³-hybridized carbons (Fsp3) is 0.710. The van der Waals surface area contributed by atoms with Crippen LogP contribution in [0.25, 0.3) is 0 Å². The van der Waals surface area contributed by atoms with Gasteiger partial charge < -0.3 is 28.8 Å². The minimum absolute atomic E-state index is 0.0694. The van der Waals surface area contributed by atoms with Gasteiger partial charge in [-0.25, -0.2) is 13.6 Å². The number of carbonyl (C=O) groups excluding carboxylic acids is 3. The molecule has 1 aliphatic heterocycles. The van der Waals surface area contributed by atoms with Crippen LogP contribution in [-0.2, 0) is 34.8 Å². The SMILES string of the molecule is CCC(CC)C(=O)OCOC(=O)c1cccc(CC(NC(=O)CC(C)(F)F)B2OC3CC4CC(C4(C)C)C3(C)O2)c1OC. The molecule has 0 aromatic heterocycles. The summed E-state index contributed by atoms with van der Waals surface area (Å²) in [6, 6.07) is 4.84. The van der Waals surface area contributed by atoms with Gasteiger partial charge in [0.25, 0.3) is 5.92 Å². The third-order valence-electron chi connectivity index (χ3n) is 9.79.